The SMILES string of the molecule is CC1(C)CN(c2cccs2)CCN1. The maximum Gasteiger partial charge on any atom is 0.0909 e. The molecular formula is C10H16N2S. The van der Waals surface area contributed by atoms with Crippen LogP contribution in [-0.2, 0) is 0 Å². The van der Waals surface area contributed by atoms with Crippen LogP contribution in [0.15, 0.2) is 17.5 Å². The Morgan fingerprint density at radius 3 is 3.00 bits per heavy atom. The van der Waals surface area contributed by atoms with E-state index in [1.54, 1.807) is 0 Å². The summed E-state index contributed by atoms with van der Waals surface area (Å²) in [4.78, 5) is 2.46. The van der Waals surface area contributed by atoms with Crippen molar-refractivity contribution in [2.45, 2.75) is 19.4 Å². The van der Waals surface area contributed by atoms with Crippen molar-refractivity contribution in [3.8, 4) is 0 Å². The molecule has 2 heterocycles. The van der Waals surface area contributed by atoms with Gasteiger partial charge in [-0.15, -0.1) is 11.3 Å². The zero-order valence-electron chi connectivity index (χ0n) is 8.21. The van der Waals surface area contributed by atoms with Gasteiger partial charge in [-0.3, -0.25) is 0 Å². The summed E-state index contributed by atoms with van der Waals surface area (Å²) in [7, 11) is 0. The third-order valence-corrected chi connectivity index (χ3v) is 3.32. The number of nitrogens with zero attached hydrogens (tertiary/aromatic N) is 1. The van der Waals surface area contributed by atoms with Crippen molar-refractivity contribution < 1.29 is 0 Å². The molecule has 0 saturated carbocycles. The third kappa shape index (κ3) is 2.03. The lowest BCUT2D eigenvalue weighted by molar-refractivity contribution is 0.354. The van der Waals surface area contributed by atoms with E-state index in [1.165, 1.54) is 5.00 Å². The first-order valence-electron chi connectivity index (χ1n) is 4.71. The molecule has 0 unspecified atom stereocenters. The van der Waals surface area contributed by atoms with Crippen LogP contribution in [0.4, 0.5) is 5.00 Å². The van der Waals surface area contributed by atoms with Crippen LogP contribution in [-0.4, -0.2) is 25.2 Å². The first-order valence-corrected chi connectivity index (χ1v) is 5.59. The molecule has 0 radical (unpaired) electrons. The van der Waals surface area contributed by atoms with Crippen LogP contribution in [0, 0.1) is 0 Å². The second kappa shape index (κ2) is 3.31. The summed E-state index contributed by atoms with van der Waals surface area (Å²) in [6.45, 7) is 7.84. The summed E-state index contributed by atoms with van der Waals surface area (Å²) in [5.74, 6) is 0. The van der Waals surface area contributed by atoms with Crippen molar-refractivity contribution in [3.05, 3.63) is 17.5 Å². The molecule has 1 saturated heterocycles. The molecule has 72 valence electrons. The van der Waals surface area contributed by atoms with Crippen LogP contribution in [0.1, 0.15) is 13.8 Å². The van der Waals surface area contributed by atoms with E-state index in [4.69, 9.17) is 0 Å². The molecule has 13 heavy (non-hydrogen) atoms. The van der Waals surface area contributed by atoms with E-state index in [-0.39, 0.29) is 5.54 Å². The number of hydrogen-bond donors (Lipinski definition) is 1. The Morgan fingerprint density at radius 2 is 2.38 bits per heavy atom. The van der Waals surface area contributed by atoms with Crippen molar-refractivity contribution in [1.29, 1.82) is 0 Å². The quantitative estimate of drug-likeness (QED) is 0.738. The van der Waals surface area contributed by atoms with Crippen LogP contribution >= 0.6 is 11.3 Å². The molecule has 0 bridgehead atoms. The van der Waals surface area contributed by atoms with E-state index in [9.17, 15) is 0 Å². The van der Waals surface area contributed by atoms with Crippen LogP contribution in [0.5, 0.6) is 0 Å². The number of rotatable bonds is 1. The van der Waals surface area contributed by atoms with E-state index in [0.29, 0.717) is 0 Å². The molecule has 0 aliphatic carbocycles. The monoisotopic (exact) mass is 196 g/mol. The van der Waals surface area contributed by atoms with Gasteiger partial charge in [-0.1, -0.05) is 0 Å². The van der Waals surface area contributed by atoms with Gasteiger partial charge >= 0.3 is 0 Å². The van der Waals surface area contributed by atoms with Gasteiger partial charge < -0.3 is 10.2 Å². The molecule has 1 aliphatic rings. The lowest BCUT2D eigenvalue weighted by Gasteiger charge is -2.39. The number of anilines is 1. The van der Waals surface area contributed by atoms with Gasteiger partial charge in [0.25, 0.3) is 0 Å². The number of thiophene rings is 1. The number of nitrogens with one attached hydrogen (secondary N) is 1. The van der Waals surface area contributed by atoms with E-state index < -0.39 is 0 Å². The maximum absolute atomic E-state index is 3.51. The van der Waals surface area contributed by atoms with E-state index in [1.807, 2.05) is 11.3 Å². The highest BCUT2D eigenvalue weighted by molar-refractivity contribution is 7.14. The molecule has 1 aromatic rings. The standard InChI is InChI=1S/C10H16N2S/c1-10(2)8-12(6-5-11-10)9-4-3-7-13-9/h3-4,7,11H,5-6,8H2,1-2H3. The minimum atomic E-state index is 0.252. The van der Waals surface area contributed by atoms with Crippen LogP contribution < -0.4 is 10.2 Å². The van der Waals surface area contributed by atoms with E-state index in [2.05, 4.69) is 41.6 Å². The zero-order valence-corrected chi connectivity index (χ0v) is 9.03. The predicted octanol–water partition coefficient (Wildman–Crippen LogP) is 1.94. The minimum Gasteiger partial charge on any atom is -0.360 e. The van der Waals surface area contributed by atoms with Crippen molar-refractivity contribution in [3.63, 3.8) is 0 Å². The van der Waals surface area contributed by atoms with Crippen LogP contribution in [0.3, 0.4) is 0 Å². The largest absolute Gasteiger partial charge is 0.360 e. The molecule has 1 aliphatic heterocycles. The summed E-state index contributed by atoms with van der Waals surface area (Å²) >= 11 is 1.83. The normalized spacial score (nSPS) is 21.8. The number of piperazine rings is 1. The van der Waals surface area contributed by atoms with E-state index >= 15 is 0 Å². The van der Waals surface area contributed by atoms with Gasteiger partial charge in [0.05, 0.1) is 5.00 Å². The average molecular weight is 196 g/mol. The highest BCUT2D eigenvalue weighted by Crippen LogP contribution is 2.24. The predicted molar refractivity (Wildman–Crippen MR) is 58.6 cm³/mol. The number of hydrogen-bond acceptors (Lipinski definition) is 3. The fourth-order valence-corrected chi connectivity index (χ4v) is 2.54. The highest BCUT2D eigenvalue weighted by Gasteiger charge is 2.25. The lowest BCUT2D eigenvalue weighted by Crippen LogP contribution is -2.57. The van der Waals surface area contributed by atoms with Gasteiger partial charge in [-0.05, 0) is 31.4 Å². The van der Waals surface area contributed by atoms with Crippen LogP contribution in [0.2, 0.25) is 0 Å². The second-order valence-electron chi connectivity index (χ2n) is 4.18. The van der Waals surface area contributed by atoms with Crippen molar-refractivity contribution in [1.82, 2.24) is 5.32 Å². The Balaban J connectivity index is 2.09. The maximum atomic E-state index is 3.51. The molecule has 1 aromatic heterocycles. The molecule has 2 nitrogen and oxygen atoms in total. The van der Waals surface area contributed by atoms with Gasteiger partial charge in [-0.25, -0.2) is 0 Å². The minimum absolute atomic E-state index is 0.252. The Kier molecular flexibility index (Phi) is 2.30. The second-order valence-corrected chi connectivity index (χ2v) is 5.11. The molecule has 1 N–H and O–H groups in total. The Bertz CT molecular complexity index is 266. The van der Waals surface area contributed by atoms with Crippen molar-refractivity contribution in [2.24, 2.45) is 0 Å². The zero-order chi connectivity index (χ0) is 9.31. The molecule has 0 aromatic carbocycles. The van der Waals surface area contributed by atoms with Crippen LogP contribution in [0.25, 0.3) is 0 Å². The lowest BCUT2D eigenvalue weighted by atomic mass is 10.0. The Labute approximate surface area is 83.6 Å². The Hall–Kier alpha value is -0.540. The van der Waals surface area contributed by atoms with E-state index in [0.717, 1.165) is 19.6 Å². The summed E-state index contributed by atoms with van der Waals surface area (Å²) < 4.78 is 0. The fourth-order valence-electron chi connectivity index (χ4n) is 1.78. The molecule has 3 heteroatoms. The molecule has 0 amide bonds. The van der Waals surface area contributed by atoms with Crippen molar-refractivity contribution >= 4 is 16.3 Å². The summed E-state index contributed by atoms with van der Waals surface area (Å²) in [6, 6.07) is 4.32. The summed E-state index contributed by atoms with van der Waals surface area (Å²) in [5, 5.41) is 7.05. The fraction of sp³-hybridized carbons (Fsp3) is 0.600. The summed E-state index contributed by atoms with van der Waals surface area (Å²) in [6.07, 6.45) is 0. The van der Waals surface area contributed by atoms with Gasteiger partial charge in [-0.2, -0.15) is 0 Å². The first-order chi connectivity index (χ1) is 6.17. The Morgan fingerprint density at radius 1 is 1.54 bits per heavy atom. The molecule has 1 fully saturated rings. The molecular weight excluding hydrogens is 180 g/mol. The van der Waals surface area contributed by atoms with Crippen molar-refractivity contribution in [2.75, 3.05) is 24.5 Å². The van der Waals surface area contributed by atoms with Gasteiger partial charge in [0.15, 0.2) is 0 Å². The first kappa shape index (κ1) is 9.03. The molecule has 0 atom stereocenters. The van der Waals surface area contributed by atoms with Gasteiger partial charge in [0.1, 0.15) is 0 Å². The smallest absolute Gasteiger partial charge is 0.0909 e. The van der Waals surface area contributed by atoms with Gasteiger partial charge in [0.2, 0.25) is 0 Å². The third-order valence-electron chi connectivity index (χ3n) is 2.39. The van der Waals surface area contributed by atoms with Gasteiger partial charge in [0, 0.05) is 25.2 Å². The average Bonchev–Trinajstić information content (AvgIpc) is 2.53. The summed E-state index contributed by atoms with van der Waals surface area (Å²) in [5.41, 5.74) is 0.252. The highest BCUT2D eigenvalue weighted by atomic mass is 32.1. The molecule has 0 spiro atoms. The topological polar surface area (TPSA) is 15.3 Å². The molecule has 2 rings (SSSR count).